The van der Waals surface area contributed by atoms with Crippen LogP contribution in [-0.2, 0) is 22.4 Å². The fraction of sp³-hybridized carbons (Fsp3) is 0.467. The van der Waals surface area contributed by atoms with Crippen molar-refractivity contribution in [2.45, 2.75) is 45.4 Å². The molecule has 2 fully saturated rings. The number of aryl methyl sites for hydroxylation is 1. The number of aromatic nitrogens is 1. The fourth-order valence-electron chi connectivity index (χ4n) is 5.46. The lowest BCUT2D eigenvalue weighted by Gasteiger charge is -2.32. The van der Waals surface area contributed by atoms with Crippen LogP contribution in [-0.4, -0.2) is 56.2 Å². The van der Waals surface area contributed by atoms with E-state index in [0.29, 0.717) is 11.6 Å². The molecule has 0 bridgehead atoms. The Morgan fingerprint density at radius 1 is 1.11 bits per heavy atom. The predicted molar refractivity (Wildman–Crippen MR) is 147 cm³/mol. The monoisotopic (exact) mass is 500 g/mol. The van der Waals surface area contributed by atoms with Crippen LogP contribution < -0.4 is 4.90 Å². The van der Waals surface area contributed by atoms with Crippen molar-refractivity contribution >= 4 is 28.4 Å². The van der Waals surface area contributed by atoms with E-state index >= 15 is 0 Å². The average Bonchev–Trinajstić information content (AvgIpc) is 3.59. The topological polar surface area (TPSA) is 55.3 Å². The van der Waals surface area contributed by atoms with E-state index in [1.54, 1.807) is 0 Å². The maximum Gasteiger partial charge on any atom is 0.187 e. The molecule has 0 aliphatic carbocycles. The minimum atomic E-state index is -0.0430. The molecule has 2 aliphatic heterocycles. The van der Waals surface area contributed by atoms with Gasteiger partial charge in [-0.1, -0.05) is 41.6 Å². The van der Waals surface area contributed by atoms with Crippen LogP contribution in [0, 0.1) is 12.5 Å². The molecule has 3 heterocycles. The molecule has 0 amide bonds. The number of nitrogens with zero attached hydrogens (tertiary/aromatic N) is 4. The summed E-state index contributed by atoms with van der Waals surface area (Å²) >= 11 is 0. The number of benzene rings is 2. The van der Waals surface area contributed by atoms with Crippen molar-refractivity contribution in [3.05, 3.63) is 70.7 Å². The molecular weight excluding hydrogens is 464 g/mol. The van der Waals surface area contributed by atoms with E-state index in [1.807, 2.05) is 37.3 Å². The molecule has 3 aromatic rings. The van der Waals surface area contributed by atoms with Crippen molar-refractivity contribution in [1.29, 1.82) is 0 Å². The lowest BCUT2D eigenvalue weighted by Crippen LogP contribution is -2.39. The molecule has 1 aromatic heterocycles. The van der Waals surface area contributed by atoms with E-state index in [-0.39, 0.29) is 6.29 Å². The zero-order valence-corrected chi connectivity index (χ0v) is 21.9. The third-order valence-corrected chi connectivity index (χ3v) is 7.56. The highest BCUT2D eigenvalue weighted by Crippen LogP contribution is 2.34. The van der Waals surface area contributed by atoms with Crippen molar-refractivity contribution in [3.8, 4) is 0 Å². The Morgan fingerprint density at radius 2 is 1.86 bits per heavy atom. The van der Waals surface area contributed by atoms with Gasteiger partial charge in [0.2, 0.25) is 0 Å². The SMILES string of the molecule is [C-]#[N+]c1ccc(CN(C)c2ccc3c(CCC4CCN(CC5OCCO5)CC4)noc3c2C=CC)cc1. The highest BCUT2D eigenvalue weighted by atomic mass is 16.7. The maximum absolute atomic E-state index is 7.16. The third-order valence-electron chi connectivity index (χ3n) is 7.56. The van der Waals surface area contributed by atoms with E-state index < -0.39 is 0 Å². The lowest BCUT2D eigenvalue weighted by molar-refractivity contribution is -0.0661. The molecule has 2 aliphatic rings. The zero-order valence-electron chi connectivity index (χ0n) is 21.9. The van der Waals surface area contributed by atoms with E-state index in [0.717, 1.165) is 85.7 Å². The van der Waals surface area contributed by atoms with Gasteiger partial charge in [0.05, 0.1) is 25.5 Å². The molecule has 194 valence electrons. The van der Waals surface area contributed by atoms with Crippen LogP contribution in [0.3, 0.4) is 0 Å². The minimum absolute atomic E-state index is 0.0430. The Hall–Kier alpha value is -3.18. The summed E-state index contributed by atoms with van der Waals surface area (Å²) < 4.78 is 17.2. The fourth-order valence-corrected chi connectivity index (χ4v) is 5.46. The van der Waals surface area contributed by atoms with Crippen molar-refractivity contribution in [1.82, 2.24) is 10.1 Å². The number of allylic oxidation sites excluding steroid dienone is 1. The first-order valence-corrected chi connectivity index (χ1v) is 13.3. The van der Waals surface area contributed by atoms with Crippen LogP contribution in [0.1, 0.15) is 43.0 Å². The number of piperidine rings is 1. The van der Waals surface area contributed by atoms with Gasteiger partial charge in [-0.2, -0.15) is 0 Å². The molecule has 37 heavy (non-hydrogen) atoms. The van der Waals surface area contributed by atoms with Crippen LogP contribution in [0.25, 0.3) is 21.9 Å². The number of fused-ring (bicyclic) bond motifs is 1. The van der Waals surface area contributed by atoms with Crippen molar-refractivity contribution in [3.63, 3.8) is 0 Å². The number of anilines is 1. The summed E-state index contributed by atoms with van der Waals surface area (Å²) in [5.74, 6) is 0.711. The Labute approximate surface area is 219 Å². The molecule has 2 saturated heterocycles. The average molecular weight is 501 g/mol. The van der Waals surface area contributed by atoms with Gasteiger partial charge in [-0.05, 0) is 69.3 Å². The smallest absolute Gasteiger partial charge is 0.187 e. The van der Waals surface area contributed by atoms with Crippen LogP contribution in [0.2, 0.25) is 0 Å². The normalized spacial score (nSPS) is 17.6. The summed E-state index contributed by atoms with van der Waals surface area (Å²) in [4.78, 5) is 8.18. The highest BCUT2D eigenvalue weighted by Gasteiger charge is 2.25. The first-order valence-electron chi connectivity index (χ1n) is 13.3. The molecule has 0 N–H and O–H groups in total. The summed E-state index contributed by atoms with van der Waals surface area (Å²) in [5.41, 5.74) is 5.89. The van der Waals surface area contributed by atoms with Gasteiger partial charge in [-0.15, -0.1) is 0 Å². The van der Waals surface area contributed by atoms with E-state index in [1.165, 1.54) is 12.8 Å². The molecule has 0 unspecified atom stereocenters. The van der Waals surface area contributed by atoms with Gasteiger partial charge in [0, 0.05) is 36.8 Å². The van der Waals surface area contributed by atoms with Gasteiger partial charge in [0.25, 0.3) is 0 Å². The Morgan fingerprint density at radius 3 is 2.57 bits per heavy atom. The Balaban J connectivity index is 1.23. The van der Waals surface area contributed by atoms with Gasteiger partial charge in [0.15, 0.2) is 17.6 Å². The second-order valence-electron chi connectivity index (χ2n) is 10.1. The van der Waals surface area contributed by atoms with Gasteiger partial charge in [0.1, 0.15) is 0 Å². The van der Waals surface area contributed by atoms with Crippen molar-refractivity contribution in [2.24, 2.45) is 5.92 Å². The number of hydrogen-bond donors (Lipinski definition) is 0. The Kier molecular flexibility index (Phi) is 8.20. The number of hydrogen-bond acceptors (Lipinski definition) is 6. The van der Waals surface area contributed by atoms with E-state index in [4.69, 9.17) is 20.6 Å². The van der Waals surface area contributed by atoms with E-state index in [9.17, 15) is 0 Å². The van der Waals surface area contributed by atoms with Gasteiger partial charge in [-0.3, -0.25) is 4.90 Å². The van der Waals surface area contributed by atoms with Gasteiger partial charge in [-0.25, -0.2) is 4.85 Å². The molecular formula is C30H36N4O3. The maximum atomic E-state index is 7.16. The zero-order chi connectivity index (χ0) is 25.6. The minimum Gasteiger partial charge on any atom is -0.370 e. The number of rotatable bonds is 9. The van der Waals surface area contributed by atoms with E-state index in [2.05, 4.69) is 45.1 Å². The standard InChI is InChI=1S/C30H36N4O3/c1-4-5-26-28(33(3)20-23-6-9-24(31-2)10-7-23)13-11-25-27(32-37-30(25)26)12-8-22-14-16-34(17-15-22)21-29-35-18-19-36-29/h4-7,9-11,13,22,29H,8,12,14-21H2,1,3H3. The quantitative estimate of drug-likeness (QED) is 0.333. The Bertz CT molecular complexity index is 1250. The second kappa shape index (κ2) is 11.9. The second-order valence-corrected chi connectivity index (χ2v) is 10.1. The first kappa shape index (κ1) is 25.5. The molecule has 0 spiro atoms. The van der Waals surface area contributed by atoms with Crippen molar-refractivity contribution < 1.29 is 14.0 Å². The van der Waals surface area contributed by atoms with Crippen LogP contribution in [0.4, 0.5) is 11.4 Å². The highest BCUT2D eigenvalue weighted by molar-refractivity contribution is 5.93. The molecule has 7 heteroatoms. The van der Waals surface area contributed by atoms with Crippen molar-refractivity contribution in [2.75, 3.05) is 44.8 Å². The first-order chi connectivity index (χ1) is 18.1. The molecule has 0 radical (unpaired) electrons. The summed E-state index contributed by atoms with van der Waals surface area (Å²) in [5, 5.41) is 5.62. The molecule has 0 atom stereocenters. The van der Waals surface area contributed by atoms with Crippen LogP contribution >= 0.6 is 0 Å². The third kappa shape index (κ3) is 6.04. The summed E-state index contributed by atoms with van der Waals surface area (Å²) in [6.07, 6.45) is 8.60. The summed E-state index contributed by atoms with van der Waals surface area (Å²) in [7, 11) is 2.09. The predicted octanol–water partition coefficient (Wildman–Crippen LogP) is 6.07. The number of likely N-dealkylation sites (tertiary alicyclic amines) is 1. The van der Waals surface area contributed by atoms with Gasteiger partial charge >= 0.3 is 0 Å². The summed E-state index contributed by atoms with van der Waals surface area (Å²) in [6.45, 7) is 14.5. The molecule has 5 rings (SSSR count). The molecule has 0 saturated carbocycles. The number of ether oxygens (including phenoxy) is 2. The van der Waals surface area contributed by atoms with Crippen LogP contribution in [0.5, 0.6) is 0 Å². The molecule has 2 aromatic carbocycles. The largest absolute Gasteiger partial charge is 0.370 e. The molecule has 7 nitrogen and oxygen atoms in total. The summed E-state index contributed by atoms with van der Waals surface area (Å²) in [6, 6.07) is 12.1. The lowest BCUT2D eigenvalue weighted by atomic mass is 9.91. The van der Waals surface area contributed by atoms with Gasteiger partial charge < -0.3 is 18.9 Å². The van der Waals surface area contributed by atoms with Crippen LogP contribution in [0.15, 0.2) is 47.0 Å².